The van der Waals surface area contributed by atoms with Crippen LogP contribution in [-0.2, 0) is 20.9 Å². The molecule has 0 fully saturated rings. The van der Waals surface area contributed by atoms with Crippen LogP contribution in [0.2, 0.25) is 0 Å². The third kappa shape index (κ3) is 6.64. The fraction of sp³-hybridized carbons (Fsp3) is 0.148. The maximum atomic E-state index is 12.5. The van der Waals surface area contributed by atoms with Gasteiger partial charge in [-0.05, 0) is 118 Å². The summed E-state index contributed by atoms with van der Waals surface area (Å²) >= 11 is 4.47. The van der Waals surface area contributed by atoms with Crippen molar-refractivity contribution in [2.75, 3.05) is 11.9 Å². The van der Waals surface area contributed by atoms with E-state index >= 15 is 0 Å². The summed E-state index contributed by atoms with van der Waals surface area (Å²) in [4.78, 5) is 28.1. The Labute approximate surface area is 236 Å². The molecule has 3 aromatic rings. The number of halogens is 2. The van der Waals surface area contributed by atoms with Crippen molar-refractivity contribution in [1.82, 2.24) is 0 Å². The number of esters is 1. The van der Waals surface area contributed by atoms with Crippen molar-refractivity contribution in [2.24, 2.45) is 4.99 Å². The highest BCUT2D eigenvalue weighted by Crippen LogP contribution is 2.36. The minimum Gasteiger partial charge on any atom is -0.490 e. The second-order valence-corrected chi connectivity index (χ2v) is 10.2. The Morgan fingerprint density at radius 2 is 1.86 bits per heavy atom. The second kappa shape index (κ2) is 11.9. The third-order valence-electron chi connectivity index (χ3n) is 4.98. The molecule has 1 aliphatic heterocycles. The molecule has 9 heteroatoms. The van der Waals surface area contributed by atoms with Gasteiger partial charge in [0.1, 0.15) is 6.61 Å². The molecule has 36 heavy (non-hydrogen) atoms. The fourth-order valence-corrected chi connectivity index (χ4v) is 4.84. The van der Waals surface area contributed by atoms with Crippen LogP contribution < -0.4 is 14.8 Å². The normalized spacial score (nSPS) is 13.8. The zero-order valence-electron chi connectivity index (χ0n) is 19.5. The number of cyclic esters (lactones) is 1. The van der Waals surface area contributed by atoms with Crippen molar-refractivity contribution in [3.05, 3.63) is 90.2 Å². The zero-order valence-corrected chi connectivity index (χ0v) is 23.8. The van der Waals surface area contributed by atoms with Gasteiger partial charge in [-0.15, -0.1) is 0 Å². The van der Waals surface area contributed by atoms with E-state index in [0.29, 0.717) is 36.0 Å². The summed E-state index contributed by atoms with van der Waals surface area (Å²) in [6.07, 6.45) is 1.66. The molecule has 0 bridgehead atoms. The van der Waals surface area contributed by atoms with Crippen LogP contribution in [0.15, 0.2) is 71.4 Å². The lowest BCUT2D eigenvalue weighted by Crippen LogP contribution is -2.07. The first-order chi connectivity index (χ1) is 17.3. The first-order valence-electron chi connectivity index (χ1n) is 11.1. The summed E-state index contributed by atoms with van der Waals surface area (Å²) in [6.45, 7) is 4.22. The molecule has 0 saturated carbocycles. The Bertz CT molecular complexity index is 1370. The first kappa shape index (κ1) is 26.1. The minimum absolute atomic E-state index is 0.162. The van der Waals surface area contributed by atoms with Crippen LogP contribution in [0.1, 0.15) is 30.5 Å². The fourth-order valence-electron chi connectivity index (χ4n) is 3.45. The lowest BCUT2D eigenvalue weighted by Gasteiger charge is -2.15. The lowest BCUT2D eigenvalue weighted by molar-refractivity contribution is -0.129. The monoisotopic (exact) mass is 708 g/mol. The van der Waals surface area contributed by atoms with Gasteiger partial charge in [-0.1, -0.05) is 12.1 Å². The molecule has 0 atom stereocenters. The SMILES string of the molecule is CCOc1cc(/C=C2\N=C(c3ccc(NC(C)=O)cc3)OC2=O)cc(I)c1OCc1cccc(I)c1. The smallest absolute Gasteiger partial charge is 0.363 e. The van der Waals surface area contributed by atoms with Crippen LogP contribution in [0.25, 0.3) is 6.08 Å². The van der Waals surface area contributed by atoms with E-state index in [0.717, 1.165) is 18.3 Å². The lowest BCUT2D eigenvalue weighted by atomic mass is 10.1. The van der Waals surface area contributed by atoms with Gasteiger partial charge in [0, 0.05) is 21.7 Å². The van der Waals surface area contributed by atoms with Gasteiger partial charge in [0.15, 0.2) is 17.2 Å². The number of hydrogen-bond acceptors (Lipinski definition) is 6. The number of ether oxygens (including phenoxy) is 3. The van der Waals surface area contributed by atoms with E-state index in [1.165, 1.54) is 6.92 Å². The number of amides is 1. The van der Waals surface area contributed by atoms with Crippen molar-refractivity contribution < 1.29 is 23.8 Å². The van der Waals surface area contributed by atoms with Gasteiger partial charge in [-0.25, -0.2) is 9.79 Å². The highest BCUT2D eigenvalue weighted by molar-refractivity contribution is 14.1. The van der Waals surface area contributed by atoms with Crippen molar-refractivity contribution in [3.8, 4) is 11.5 Å². The van der Waals surface area contributed by atoms with Gasteiger partial charge in [0.05, 0.1) is 10.2 Å². The average Bonchev–Trinajstić information content (AvgIpc) is 3.19. The van der Waals surface area contributed by atoms with Crippen LogP contribution in [0.4, 0.5) is 5.69 Å². The molecule has 0 saturated heterocycles. The molecule has 0 aliphatic carbocycles. The van der Waals surface area contributed by atoms with E-state index < -0.39 is 5.97 Å². The van der Waals surface area contributed by atoms with Crippen molar-refractivity contribution >= 4 is 74.7 Å². The Kier molecular flexibility index (Phi) is 8.62. The quantitative estimate of drug-likeness (QED) is 0.172. The first-order valence-corrected chi connectivity index (χ1v) is 13.2. The molecular formula is C27H22I2N2O5. The number of carbonyl (C=O) groups excluding carboxylic acids is 2. The topological polar surface area (TPSA) is 86.2 Å². The Morgan fingerprint density at radius 3 is 2.56 bits per heavy atom. The number of carbonyl (C=O) groups is 2. The summed E-state index contributed by atoms with van der Waals surface area (Å²) in [6, 6.07) is 18.8. The third-order valence-corrected chi connectivity index (χ3v) is 6.45. The van der Waals surface area contributed by atoms with E-state index in [9.17, 15) is 9.59 Å². The summed E-state index contributed by atoms with van der Waals surface area (Å²) in [5, 5.41) is 2.70. The van der Waals surface area contributed by atoms with Crippen LogP contribution in [0.3, 0.4) is 0 Å². The Hall–Kier alpha value is -2.93. The van der Waals surface area contributed by atoms with Gasteiger partial charge in [-0.3, -0.25) is 4.79 Å². The number of hydrogen-bond donors (Lipinski definition) is 1. The minimum atomic E-state index is -0.539. The molecule has 184 valence electrons. The van der Waals surface area contributed by atoms with Gasteiger partial charge in [-0.2, -0.15) is 0 Å². The van der Waals surface area contributed by atoms with Gasteiger partial charge in [0.2, 0.25) is 11.8 Å². The standard InChI is InChI=1S/C27H22I2N2O5/c1-3-34-24-14-18(12-22(29)25(24)35-15-17-5-4-6-20(28)11-17)13-23-27(33)36-26(31-23)19-7-9-21(10-8-19)30-16(2)32/h4-14H,3,15H2,1-2H3,(H,30,32)/b23-13-. The molecule has 3 aromatic carbocycles. The summed E-state index contributed by atoms with van der Waals surface area (Å²) in [7, 11) is 0. The number of rotatable bonds is 8. The predicted molar refractivity (Wildman–Crippen MR) is 155 cm³/mol. The van der Waals surface area contributed by atoms with E-state index in [2.05, 4.69) is 61.6 Å². The van der Waals surface area contributed by atoms with Crippen molar-refractivity contribution in [2.45, 2.75) is 20.5 Å². The van der Waals surface area contributed by atoms with E-state index in [1.54, 1.807) is 30.3 Å². The number of nitrogens with one attached hydrogen (secondary N) is 1. The van der Waals surface area contributed by atoms with Crippen LogP contribution in [0.5, 0.6) is 11.5 Å². The van der Waals surface area contributed by atoms with E-state index in [4.69, 9.17) is 14.2 Å². The van der Waals surface area contributed by atoms with E-state index in [-0.39, 0.29) is 17.5 Å². The molecule has 1 aliphatic rings. The van der Waals surface area contributed by atoms with Gasteiger partial charge in [0.25, 0.3) is 0 Å². The summed E-state index contributed by atoms with van der Waals surface area (Å²) < 4.78 is 19.3. The molecule has 1 N–H and O–H groups in total. The summed E-state index contributed by atoms with van der Waals surface area (Å²) in [5.41, 5.74) is 3.26. The number of nitrogens with zero attached hydrogens (tertiary/aromatic N) is 1. The molecule has 1 amide bonds. The molecule has 0 unspecified atom stereocenters. The second-order valence-electron chi connectivity index (χ2n) is 7.78. The van der Waals surface area contributed by atoms with Crippen molar-refractivity contribution in [1.29, 1.82) is 0 Å². The molecule has 1 heterocycles. The maximum absolute atomic E-state index is 12.5. The van der Waals surface area contributed by atoms with Gasteiger partial charge < -0.3 is 19.5 Å². The molecule has 0 radical (unpaired) electrons. The van der Waals surface area contributed by atoms with Crippen molar-refractivity contribution in [3.63, 3.8) is 0 Å². The number of aliphatic imine (C=N–C) groups is 1. The Morgan fingerprint density at radius 1 is 1.08 bits per heavy atom. The Balaban J connectivity index is 1.57. The summed E-state index contributed by atoms with van der Waals surface area (Å²) in [5.74, 6) is 0.743. The van der Waals surface area contributed by atoms with Crippen LogP contribution >= 0.6 is 45.2 Å². The molecule has 0 spiro atoms. The highest BCUT2D eigenvalue weighted by atomic mass is 127. The molecule has 4 rings (SSSR count). The highest BCUT2D eigenvalue weighted by Gasteiger charge is 2.24. The zero-order chi connectivity index (χ0) is 25.7. The number of anilines is 1. The number of benzene rings is 3. The molecule has 0 aromatic heterocycles. The molecular weight excluding hydrogens is 686 g/mol. The largest absolute Gasteiger partial charge is 0.490 e. The van der Waals surface area contributed by atoms with Gasteiger partial charge >= 0.3 is 5.97 Å². The van der Waals surface area contributed by atoms with Crippen LogP contribution in [-0.4, -0.2) is 24.4 Å². The predicted octanol–water partition coefficient (Wildman–Crippen LogP) is 6.18. The average molecular weight is 708 g/mol. The molecule has 7 nitrogen and oxygen atoms in total. The van der Waals surface area contributed by atoms with Crippen LogP contribution in [0, 0.1) is 7.14 Å². The maximum Gasteiger partial charge on any atom is 0.363 e. The van der Waals surface area contributed by atoms with E-state index in [1.807, 2.05) is 37.3 Å².